The molecule has 0 amide bonds. The van der Waals surface area contributed by atoms with Crippen molar-refractivity contribution in [2.75, 3.05) is 5.32 Å². The van der Waals surface area contributed by atoms with E-state index in [1.807, 2.05) is 12.3 Å². The summed E-state index contributed by atoms with van der Waals surface area (Å²) in [5.41, 5.74) is -0.870. The second-order valence-electron chi connectivity index (χ2n) is 3.79. The summed E-state index contributed by atoms with van der Waals surface area (Å²) in [6, 6.07) is 0.674. The standard InChI is InChI=1S/C11H9ClF3N3S/c1-6(10-16-2-3-19-10)18-9-8(12)4-7(5-17-9)11(13,14)15/h2-6H,1H3,(H,17,18). The van der Waals surface area contributed by atoms with Crippen LogP contribution in [0.5, 0.6) is 0 Å². The van der Waals surface area contributed by atoms with E-state index in [1.165, 1.54) is 11.3 Å². The van der Waals surface area contributed by atoms with Crippen LogP contribution in [-0.2, 0) is 6.18 Å². The molecule has 2 heterocycles. The fraction of sp³-hybridized carbons (Fsp3) is 0.273. The van der Waals surface area contributed by atoms with Crippen LogP contribution >= 0.6 is 22.9 Å². The molecule has 0 bridgehead atoms. The smallest absolute Gasteiger partial charge is 0.360 e. The fourth-order valence-electron chi connectivity index (χ4n) is 1.41. The van der Waals surface area contributed by atoms with Gasteiger partial charge in [0.25, 0.3) is 0 Å². The first-order valence-corrected chi connectivity index (χ1v) is 6.52. The number of aromatic nitrogens is 2. The van der Waals surface area contributed by atoms with Crippen molar-refractivity contribution in [3.8, 4) is 0 Å². The molecule has 102 valence electrons. The van der Waals surface area contributed by atoms with Gasteiger partial charge in [0.2, 0.25) is 0 Å². The van der Waals surface area contributed by atoms with Crippen LogP contribution in [0.25, 0.3) is 0 Å². The average Bonchev–Trinajstić information content (AvgIpc) is 2.84. The molecule has 1 atom stereocenters. The molecular weight excluding hydrogens is 299 g/mol. The van der Waals surface area contributed by atoms with Crippen molar-refractivity contribution >= 4 is 28.8 Å². The molecule has 3 nitrogen and oxygen atoms in total. The highest BCUT2D eigenvalue weighted by atomic mass is 35.5. The molecule has 0 aliphatic carbocycles. The molecule has 8 heteroatoms. The summed E-state index contributed by atoms with van der Waals surface area (Å²) < 4.78 is 37.4. The molecule has 2 aromatic rings. The SMILES string of the molecule is CC(Nc1ncc(C(F)(F)F)cc1Cl)c1nccs1. The highest BCUT2D eigenvalue weighted by molar-refractivity contribution is 7.09. The van der Waals surface area contributed by atoms with E-state index in [1.54, 1.807) is 6.20 Å². The number of thiazole rings is 1. The Kier molecular flexibility index (Phi) is 3.96. The quantitative estimate of drug-likeness (QED) is 0.914. The van der Waals surface area contributed by atoms with E-state index in [0.717, 1.165) is 17.3 Å². The summed E-state index contributed by atoms with van der Waals surface area (Å²) in [5.74, 6) is 0.206. The fourth-order valence-corrected chi connectivity index (χ4v) is 2.28. The Hall–Kier alpha value is -1.34. The van der Waals surface area contributed by atoms with E-state index < -0.39 is 11.7 Å². The molecule has 0 aliphatic rings. The molecule has 1 N–H and O–H groups in total. The Morgan fingerprint density at radius 2 is 2.11 bits per heavy atom. The van der Waals surface area contributed by atoms with E-state index >= 15 is 0 Å². The van der Waals surface area contributed by atoms with Crippen molar-refractivity contribution in [3.05, 3.63) is 39.4 Å². The molecule has 0 aliphatic heterocycles. The summed E-state index contributed by atoms with van der Waals surface area (Å²) in [6.45, 7) is 1.83. The lowest BCUT2D eigenvalue weighted by Gasteiger charge is -2.14. The van der Waals surface area contributed by atoms with Gasteiger partial charge < -0.3 is 5.32 Å². The zero-order chi connectivity index (χ0) is 14.0. The third-order valence-corrected chi connectivity index (χ3v) is 3.59. The molecule has 0 aromatic carbocycles. The number of hydrogen-bond donors (Lipinski definition) is 1. The van der Waals surface area contributed by atoms with Crippen LogP contribution in [0.15, 0.2) is 23.8 Å². The van der Waals surface area contributed by atoms with E-state index in [2.05, 4.69) is 15.3 Å². The summed E-state index contributed by atoms with van der Waals surface area (Å²) in [6.07, 6.45) is -2.04. The van der Waals surface area contributed by atoms with Gasteiger partial charge in [-0.15, -0.1) is 11.3 Å². The number of anilines is 1. The van der Waals surface area contributed by atoms with E-state index in [9.17, 15) is 13.2 Å². The number of pyridine rings is 1. The molecular formula is C11H9ClF3N3S. The first kappa shape index (κ1) is 14.1. The summed E-state index contributed by atoms with van der Waals surface area (Å²) >= 11 is 7.24. The van der Waals surface area contributed by atoms with Gasteiger partial charge in [-0.1, -0.05) is 11.6 Å². The van der Waals surface area contributed by atoms with Crippen molar-refractivity contribution in [3.63, 3.8) is 0 Å². The molecule has 0 saturated carbocycles. The first-order valence-electron chi connectivity index (χ1n) is 5.26. The highest BCUT2D eigenvalue weighted by Gasteiger charge is 2.31. The summed E-state index contributed by atoms with van der Waals surface area (Å²) in [4.78, 5) is 7.81. The summed E-state index contributed by atoms with van der Waals surface area (Å²) in [5, 5.41) is 5.48. The number of alkyl halides is 3. The highest BCUT2D eigenvalue weighted by Crippen LogP contribution is 2.33. The average molecular weight is 308 g/mol. The second-order valence-corrected chi connectivity index (χ2v) is 5.12. The van der Waals surface area contributed by atoms with Crippen molar-refractivity contribution in [1.29, 1.82) is 0 Å². The minimum Gasteiger partial charge on any atom is -0.360 e. The number of nitrogens with one attached hydrogen (secondary N) is 1. The van der Waals surface area contributed by atoms with Crippen LogP contribution in [0.1, 0.15) is 23.5 Å². The Bertz CT molecular complexity index is 557. The minimum atomic E-state index is -4.45. The maximum atomic E-state index is 12.5. The summed E-state index contributed by atoms with van der Waals surface area (Å²) in [7, 11) is 0. The molecule has 1 unspecified atom stereocenters. The first-order chi connectivity index (χ1) is 8.88. The van der Waals surface area contributed by atoms with Gasteiger partial charge >= 0.3 is 6.18 Å². The van der Waals surface area contributed by atoms with Gasteiger partial charge in [0.05, 0.1) is 16.6 Å². The Balaban J connectivity index is 2.18. The van der Waals surface area contributed by atoms with Crippen molar-refractivity contribution in [2.45, 2.75) is 19.1 Å². The number of halogens is 4. The van der Waals surface area contributed by atoms with Crippen molar-refractivity contribution in [1.82, 2.24) is 9.97 Å². The van der Waals surface area contributed by atoms with E-state index in [4.69, 9.17) is 11.6 Å². The maximum Gasteiger partial charge on any atom is 0.417 e. The zero-order valence-corrected chi connectivity index (χ0v) is 11.3. The normalized spacial score (nSPS) is 13.3. The van der Waals surface area contributed by atoms with Crippen LogP contribution < -0.4 is 5.32 Å². The van der Waals surface area contributed by atoms with Crippen LogP contribution in [0.3, 0.4) is 0 Å². The molecule has 0 fully saturated rings. The van der Waals surface area contributed by atoms with Gasteiger partial charge in [-0.25, -0.2) is 9.97 Å². The molecule has 0 radical (unpaired) electrons. The topological polar surface area (TPSA) is 37.8 Å². The third kappa shape index (κ3) is 3.36. The molecule has 0 spiro atoms. The Morgan fingerprint density at radius 1 is 1.37 bits per heavy atom. The van der Waals surface area contributed by atoms with Gasteiger partial charge in [-0.3, -0.25) is 0 Å². The van der Waals surface area contributed by atoms with Gasteiger partial charge in [-0.05, 0) is 13.0 Å². The lowest BCUT2D eigenvalue weighted by Crippen LogP contribution is -2.10. The van der Waals surface area contributed by atoms with Crippen LogP contribution in [0.4, 0.5) is 19.0 Å². The molecule has 2 aromatic heterocycles. The second kappa shape index (κ2) is 5.34. The zero-order valence-electron chi connectivity index (χ0n) is 9.70. The van der Waals surface area contributed by atoms with E-state index in [-0.39, 0.29) is 16.9 Å². The minimum absolute atomic E-state index is 0.0711. The predicted octanol–water partition coefficient (Wildman–Crippen LogP) is 4.38. The lowest BCUT2D eigenvalue weighted by atomic mass is 10.2. The van der Waals surface area contributed by atoms with Gasteiger partial charge in [0.15, 0.2) is 0 Å². The number of nitrogens with zero attached hydrogens (tertiary/aromatic N) is 2. The largest absolute Gasteiger partial charge is 0.417 e. The number of hydrogen-bond acceptors (Lipinski definition) is 4. The van der Waals surface area contributed by atoms with E-state index in [0.29, 0.717) is 0 Å². The maximum absolute atomic E-state index is 12.5. The van der Waals surface area contributed by atoms with Crippen molar-refractivity contribution < 1.29 is 13.2 Å². The van der Waals surface area contributed by atoms with Crippen LogP contribution in [0, 0.1) is 0 Å². The predicted molar refractivity (Wildman–Crippen MR) is 68.4 cm³/mol. The molecule has 2 rings (SSSR count). The monoisotopic (exact) mass is 307 g/mol. The van der Waals surface area contributed by atoms with Crippen molar-refractivity contribution in [2.24, 2.45) is 0 Å². The van der Waals surface area contributed by atoms with Crippen LogP contribution in [-0.4, -0.2) is 9.97 Å². The lowest BCUT2D eigenvalue weighted by molar-refractivity contribution is -0.137. The van der Waals surface area contributed by atoms with Gasteiger partial charge in [0, 0.05) is 17.8 Å². The Labute approximate surface area is 116 Å². The van der Waals surface area contributed by atoms with Crippen LogP contribution in [0.2, 0.25) is 5.02 Å². The number of rotatable bonds is 3. The van der Waals surface area contributed by atoms with Gasteiger partial charge in [-0.2, -0.15) is 13.2 Å². The molecule has 19 heavy (non-hydrogen) atoms. The van der Waals surface area contributed by atoms with Gasteiger partial charge in [0.1, 0.15) is 10.8 Å². The third-order valence-electron chi connectivity index (χ3n) is 2.34. The molecule has 0 saturated heterocycles. The Morgan fingerprint density at radius 3 is 2.63 bits per heavy atom.